The quantitative estimate of drug-likeness (QED) is 0.465. The number of quaternary nitrogens is 1. The van der Waals surface area contributed by atoms with Crippen LogP contribution in [0.1, 0.15) is 0 Å². The molecule has 56 valence electrons. The molecule has 0 aliphatic carbocycles. The second-order valence-corrected chi connectivity index (χ2v) is 5.57. The van der Waals surface area contributed by atoms with Crippen molar-refractivity contribution >= 4 is 13.9 Å². The molecule has 0 amide bonds. The molecule has 8 heteroatoms. The molecule has 0 aliphatic rings. The van der Waals surface area contributed by atoms with Gasteiger partial charge in [0.05, 0.1) is 0 Å². The number of halogens is 6. The van der Waals surface area contributed by atoms with Gasteiger partial charge in [-0.15, -0.1) is 0 Å². The molecule has 0 saturated carbocycles. The summed E-state index contributed by atoms with van der Waals surface area (Å²) in [6.45, 7) is 0. The van der Waals surface area contributed by atoms with Crippen molar-refractivity contribution in [3.63, 3.8) is 0 Å². The van der Waals surface area contributed by atoms with Crippen LogP contribution < -0.4 is 6.15 Å². The van der Waals surface area contributed by atoms with Gasteiger partial charge in [0.2, 0.25) is 0 Å². The summed E-state index contributed by atoms with van der Waals surface area (Å²) in [4.78, 5) is 0. The standard InChI is InChI=1S/F6Ge.H3N/c1-7(2,3,4,5)6;/h;1H3/q-2;/p+1. The van der Waals surface area contributed by atoms with Gasteiger partial charge in [-0.05, 0) is 0 Å². The topological polar surface area (TPSA) is 36.5 Å². The Morgan fingerprint density at radius 2 is 0.625 bits per heavy atom. The smallest absolute Gasteiger partial charge is 0.369 e. The van der Waals surface area contributed by atoms with E-state index in [-0.39, 0.29) is 6.15 Å². The van der Waals surface area contributed by atoms with E-state index in [1.54, 1.807) is 0 Å². The molecule has 0 aromatic rings. The Labute approximate surface area is 42.0 Å². The fourth-order valence-corrected chi connectivity index (χ4v) is 0. The predicted molar refractivity (Wildman–Crippen MR) is 18.4 cm³/mol. The van der Waals surface area contributed by atoms with Crippen molar-refractivity contribution in [1.82, 2.24) is 6.15 Å². The van der Waals surface area contributed by atoms with Crippen LogP contribution in [-0.4, -0.2) is 13.9 Å². The molecule has 0 atom stereocenters. The van der Waals surface area contributed by atoms with E-state index in [4.69, 9.17) is 0 Å². The van der Waals surface area contributed by atoms with E-state index < -0.39 is 13.9 Å². The second kappa shape index (κ2) is 1.15. The summed E-state index contributed by atoms with van der Waals surface area (Å²) in [5.41, 5.74) is 0. The molecule has 0 radical (unpaired) electrons. The van der Waals surface area contributed by atoms with E-state index in [0.29, 0.717) is 0 Å². The summed E-state index contributed by atoms with van der Waals surface area (Å²) in [5.74, 6) is 0. The summed E-state index contributed by atoms with van der Waals surface area (Å²) in [7, 11) is 0. The van der Waals surface area contributed by atoms with Gasteiger partial charge in [0.1, 0.15) is 0 Å². The van der Waals surface area contributed by atoms with Gasteiger partial charge < -0.3 is 6.15 Å². The van der Waals surface area contributed by atoms with Crippen LogP contribution >= 0.6 is 0 Å². The van der Waals surface area contributed by atoms with Crippen molar-refractivity contribution in [2.75, 3.05) is 0 Å². The van der Waals surface area contributed by atoms with Crippen molar-refractivity contribution in [2.24, 2.45) is 0 Å². The molecule has 0 aromatic heterocycles. The van der Waals surface area contributed by atoms with Crippen LogP contribution in [0.2, 0.25) is 0 Å². The minimum absolute atomic E-state index is 0. The van der Waals surface area contributed by atoms with Gasteiger partial charge in [-0.2, -0.15) is 0 Å². The molecule has 0 bridgehead atoms. The summed E-state index contributed by atoms with van der Waals surface area (Å²) in [6.07, 6.45) is 0. The molecule has 0 aromatic carbocycles. The number of hydrogen-bond acceptors (Lipinski definition) is 0. The van der Waals surface area contributed by atoms with Crippen LogP contribution in [0.15, 0.2) is 0 Å². The molecule has 8 heavy (non-hydrogen) atoms. The fourth-order valence-electron chi connectivity index (χ4n) is 0. The van der Waals surface area contributed by atoms with E-state index in [9.17, 15) is 21.0 Å². The largest absolute Gasteiger partial charge is 0.369 e. The Balaban J connectivity index is 0. The van der Waals surface area contributed by atoms with Crippen molar-refractivity contribution in [3.8, 4) is 0 Å². The number of hydrogen-bond donors (Lipinski definition) is 1. The first-order chi connectivity index (χ1) is 2.45. The maximum Gasteiger partial charge on any atom is -0.369 e. The van der Waals surface area contributed by atoms with E-state index in [0.717, 1.165) is 0 Å². The molecule has 1 nitrogen and oxygen atoms in total. The number of rotatable bonds is 0. The van der Waals surface area contributed by atoms with E-state index in [2.05, 4.69) is 0 Å². The third kappa shape index (κ3) is 22900. The third-order valence-corrected chi connectivity index (χ3v) is 0. The molecule has 0 saturated heterocycles. The minimum atomic E-state index is -11.2. The first-order valence-electron chi connectivity index (χ1n) is 1.13. The van der Waals surface area contributed by atoms with Crippen molar-refractivity contribution in [3.05, 3.63) is 0 Å². The predicted octanol–water partition coefficient (Wildman–Crippen LogP) is 2.52. The van der Waals surface area contributed by atoms with Gasteiger partial charge in [0.25, 0.3) is 0 Å². The van der Waals surface area contributed by atoms with Crippen LogP contribution in [0.3, 0.4) is 0 Å². The summed E-state index contributed by atoms with van der Waals surface area (Å²) >= 11 is -11.2. The minimum Gasteiger partial charge on any atom is -0.369 e. The average Bonchev–Trinajstić information content (AvgIpc) is 0.592. The fraction of sp³-hybridized carbons (Fsp3) is 0. The van der Waals surface area contributed by atoms with Crippen LogP contribution in [0, 0.1) is 0 Å². The molecule has 0 heterocycles. The molecule has 0 rings (SSSR count). The molecule has 0 unspecified atom stereocenters. The van der Waals surface area contributed by atoms with Gasteiger partial charge in [-0.1, -0.05) is 0 Å². The Bertz CT molecular complexity index is 67.1. The summed E-state index contributed by atoms with van der Waals surface area (Å²) in [6, 6.07) is 0. The zero-order valence-corrected chi connectivity index (χ0v) is 5.87. The molecule has 4 N–H and O–H groups in total. The van der Waals surface area contributed by atoms with Crippen molar-refractivity contribution in [1.29, 1.82) is 0 Å². The van der Waals surface area contributed by atoms with E-state index >= 15 is 0 Å². The van der Waals surface area contributed by atoms with Gasteiger partial charge >= 0.3 is 34.9 Å². The van der Waals surface area contributed by atoms with Crippen molar-refractivity contribution in [2.45, 2.75) is 0 Å². The van der Waals surface area contributed by atoms with E-state index in [1.165, 1.54) is 0 Å². The molecule has 0 spiro atoms. The Morgan fingerprint density at radius 1 is 0.625 bits per heavy atom. The van der Waals surface area contributed by atoms with Crippen LogP contribution in [0.4, 0.5) is 21.0 Å². The molecule has 0 fully saturated rings. The first kappa shape index (κ1) is 11.0. The van der Waals surface area contributed by atoms with Crippen LogP contribution in [-0.2, 0) is 0 Å². The second-order valence-electron chi connectivity index (χ2n) is 1.07. The van der Waals surface area contributed by atoms with Crippen molar-refractivity contribution < 1.29 is 21.0 Å². The SMILES string of the molecule is [F][Ge-2]([F])([F])([F])([F])[F].[NH4+]. The Morgan fingerprint density at radius 3 is 0.625 bits per heavy atom. The first-order valence-corrected chi connectivity index (χ1v) is 5.89. The zero-order chi connectivity index (χ0) is 6.41. The van der Waals surface area contributed by atoms with Gasteiger partial charge in [-0.25, -0.2) is 0 Å². The van der Waals surface area contributed by atoms with Gasteiger partial charge in [0, 0.05) is 0 Å². The normalized spacial score (nSPS) is 20.2. The molecular formula is H4F6GeN-. The maximum absolute atomic E-state index is 11.2. The summed E-state index contributed by atoms with van der Waals surface area (Å²) < 4.78 is 59.5. The molecule has 0 aliphatic heterocycles. The van der Waals surface area contributed by atoms with Crippen LogP contribution in [0.5, 0.6) is 0 Å². The van der Waals surface area contributed by atoms with Gasteiger partial charge in [0.15, 0.2) is 0 Å². The van der Waals surface area contributed by atoms with Gasteiger partial charge in [-0.3, -0.25) is 0 Å². The third-order valence-electron chi connectivity index (χ3n) is 0. The average molecular weight is 205 g/mol. The maximum atomic E-state index is 9.92. The zero-order valence-electron chi connectivity index (χ0n) is 3.77. The Kier molecular flexibility index (Phi) is 1.58. The monoisotopic (exact) mass is 206 g/mol. The summed E-state index contributed by atoms with van der Waals surface area (Å²) in [5, 5.41) is 0. The Hall–Kier alpha value is 0.0829. The molecular weight excluding hydrogens is 201 g/mol. The van der Waals surface area contributed by atoms with E-state index in [1.807, 2.05) is 0 Å². The van der Waals surface area contributed by atoms with Crippen LogP contribution in [0.25, 0.3) is 0 Å².